The number of pyridine rings is 1. The summed E-state index contributed by atoms with van der Waals surface area (Å²) in [5, 5.41) is 21.4. The molecule has 29 heavy (non-hydrogen) atoms. The highest BCUT2D eigenvalue weighted by Gasteiger charge is 2.20. The van der Waals surface area contributed by atoms with Crippen LogP contribution in [0.25, 0.3) is 27.5 Å². The molecule has 0 radical (unpaired) electrons. The number of hydrogen-bond acceptors (Lipinski definition) is 8. The van der Waals surface area contributed by atoms with E-state index in [4.69, 9.17) is 10.8 Å². The van der Waals surface area contributed by atoms with Crippen molar-refractivity contribution in [3.8, 4) is 33.3 Å². The lowest BCUT2D eigenvalue weighted by Crippen LogP contribution is -2.06. The minimum Gasteiger partial charge on any atom is -0.449 e. The Hall–Kier alpha value is -3.93. The van der Waals surface area contributed by atoms with E-state index in [0.29, 0.717) is 10.4 Å². The monoisotopic (exact) mass is 416 g/mol. The Labute approximate surface area is 165 Å². The Morgan fingerprint density at radius 3 is 2.90 bits per heavy atom. The Kier molecular flexibility index (Phi) is 4.60. The number of nitrogens with two attached hydrogens (primary N) is 1. The van der Waals surface area contributed by atoms with Gasteiger partial charge in [0.2, 0.25) is 0 Å². The van der Waals surface area contributed by atoms with Crippen LogP contribution in [0.2, 0.25) is 0 Å². The van der Waals surface area contributed by atoms with Gasteiger partial charge in [-0.25, -0.2) is 18.6 Å². The predicted molar refractivity (Wildman–Crippen MR) is 98.7 cm³/mol. The second-order valence-electron chi connectivity index (χ2n) is 5.66. The van der Waals surface area contributed by atoms with Gasteiger partial charge in [-0.3, -0.25) is 0 Å². The average Bonchev–Trinajstić information content (AvgIpc) is 3.34. The van der Waals surface area contributed by atoms with Crippen molar-refractivity contribution < 1.29 is 23.4 Å². The van der Waals surface area contributed by atoms with Gasteiger partial charge in [0.15, 0.2) is 17.5 Å². The van der Waals surface area contributed by atoms with E-state index in [-0.39, 0.29) is 28.6 Å². The van der Waals surface area contributed by atoms with Gasteiger partial charge in [-0.1, -0.05) is 6.07 Å². The molecule has 0 saturated carbocycles. The SMILES string of the molecule is Nc1ncc(-c2cc(OC(=O)O)cs2)cc1-c1nnnn1-c1cccc(F)c1F. The molecular formula is C17H10F2N6O3S. The second-order valence-corrected chi connectivity index (χ2v) is 6.57. The van der Waals surface area contributed by atoms with Crippen molar-refractivity contribution in [3.05, 3.63) is 53.5 Å². The van der Waals surface area contributed by atoms with Gasteiger partial charge >= 0.3 is 6.16 Å². The first-order valence-corrected chi connectivity index (χ1v) is 8.80. The molecule has 4 aromatic rings. The highest BCUT2D eigenvalue weighted by molar-refractivity contribution is 7.13. The summed E-state index contributed by atoms with van der Waals surface area (Å²) in [7, 11) is 0. The molecule has 0 saturated heterocycles. The summed E-state index contributed by atoms with van der Waals surface area (Å²) in [6, 6.07) is 6.75. The van der Waals surface area contributed by atoms with Crippen molar-refractivity contribution in [2.75, 3.05) is 5.73 Å². The Bertz CT molecular complexity index is 1230. The second kappa shape index (κ2) is 7.24. The number of carbonyl (C=O) groups is 1. The maximum atomic E-state index is 14.2. The van der Waals surface area contributed by atoms with Crippen LogP contribution in [-0.4, -0.2) is 36.5 Å². The molecule has 0 bridgehead atoms. The van der Waals surface area contributed by atoms with Gasteiger partial charge in [-0.2, -0.15) is 4.68 Å². The van der Waals surface area contributed by atoms with Gasteiger partial charge in [-0.15, -0.1) is 16.4 Å². The maximum absolute atomic E-state index is 14.2. The zero-order valence-electron chi connectivity index (χ0n) is 14.3. The van der Waals surface area contributed by atoms with Crippen LogP contribution < -0.4 is 10.5 Å². The van der Waals surface area contributed by atoms with Crippen LogP contribution in [0.1, 0.15) is 0 Å². The first-order valence-electron chi connectivity index (χ1n) is 7.92. The van der Waals surface area contributed by atoms with Crippen molar-refractivity contribution in [3.63, 3.8) is 0 Å². The summed E-state index contributed by atoms with van der Waals surface area (Å²) in [5.41, 5.74) is 6.63. The molecule has 0 aliphatic carbocycles. The molecule has 0 aliphatic heterocycles. The highest BCUT2D eigenvalue weighted by Crippen LogP contribution is 2.34. The molecule has 0 aliphatic rings. The van der Waals surface area contributed by atoms with Gasteiger partial charge in [0.05, 0.1) is 5.56 Å². The number of halogens is 2. The fourth-order valence-electron chi connectivity index (χ4n) is 2.59. The lowest BCUT2D eigenvalue weighted by molar-refractivity contribution is 0.144. The normalized spacial score (nSPS) is 10.8. The summed E-state index contributed by atoms with van der Waals surface area (Å²) < 4.78 is 33.5. The molecule has 1 aromatic carbocycles. The summed E-state index contributed by atoms with van der Waals surface area (Å²) in [6.45, 7) is 0. The number of aromatic nitrogens is 5. The minimum absolute atomic E-state index is 0.0555. The zero-order valence-corrected chi connectivity index (χ0v) is 15.1. The lowest BCUT2D eigenvalue weighted by atomic mass is 10.1. The maximum Gasteiger partial charge on any atom is 0.511 e. The number of tetrazole rings is 1. The molecule has 0 spiro atoms. The van der Waals surface area contributed by atoms with Gasteiger partial charge in [0, 0.05) is 22.0 Å². The van der Waals surface area contributed by atoms with Crippen molar-refractivity contribution in [1.82, 2.24) is 25.2 Å². The number of thiophene rings is 1. The van der Waals surface area contributed by atoms with Crippen molar-refractivity contribution in [1.29, 1.82) is 0 Å². The number of carboxylic acid groups (broad SMARTS) is 1. The molecule has 3 aromatic heterocycles. The average molecular weight is 416 g/mol. The van der Waals surface area contributed by atoms with Crippen LogP contribution in [0, 0.1) is 11.6 Å². The summed E-state index contributed by atoms with van der Waals surface area (Å²) in [5.74, 6) is -1.88. The quantitative estimate of drug-likeness (QED) is 0.485. The molecule has 0 amide bonds. The van der Waals surface area contributed by atoms with E-state index in [9.17, 15) is 13.6 Å². The first kappa shape index (κ1) is 18.4. The number of anilines is 1. The van der Waals surface area contributed by atoms with E-state index in [1.165, 1.54) is 41.1 Å². The third kappa shape index (κ3) is 3.48. The topological polar surface area (TPSA) is 129 Å². The van der Waals surface area contributed by atoms with Gasteiger partial charge in [-0.05, 0) is 34.7 Å². The number of nitrogen functional groups attached to an aromatic ring is 1. The predicted octanol–water partition coefficient (Wildman–Crippen LogP) is 3.37. The van der Waals surface area contributed by atoms with Crippen LogP contribution in [-0.2, 0) is 0 Å². The van der Waals surface area contributed by atoms with Crippen molar-refractivity contribution in [2.45, 2.75) is 0 Å². The largest absolute Gasteiger partial charge is 0.511 e. The standard InChI is InChI=1S/C17H10F2N6O3S/c18-11-2-1-3-12(14(11)19)25-16(22-23-24-25)10-4-8(6-21-15(10)20)13-5-9(7-29-13)28-17(26)27/h1-7H,(H2,20,21)(H,26,27). The van der Waals surface area contributed by atoms with Crippen LogP contribution >= 0.6 is 11.3 Å². The zero-order chi connectivity index (χ0) is 20.5. The number of ether oxygens (including phenoxy) is 1. The fourth-order valence-corrected chi connectivity index (χ4v) is 3.38. The first-order chi connectivity index (χ1) is 13.9. The van der Waals surface area contributed by atoms with Crippen molar-refractivity contribution in [2.24, 2.45) is 0 Å². The van der Waals surface area contributed by atoms with Gasteiger partial charge in [0.25, 0.3) is 0 Å². The molecule has 0 atom stereocenters. The summed E-state index contributed by atoms with van der Waals surface area (Å²) >= 11 is 1.22. The molecule has 146 valence electrons. The number of nitrogens with zero attached hydrogens (tertiary/aromatic N) is 5. The molecule has 9 nitrogen and oxygen atoms in total. The van der Waals surface area contributed by atoms with E-state index >= 15 is 0 Å². The number of rotatable bonds is 4. The third-order valence-corrected chi connectivity index (χ3v) is 4.81. The molecule has 4 rings (SSSR count). The van der Waals surface area contributed by atoms with E-state index in [1.807, 2.05) is 0 Å². The van der Waals surface area contributed by atoms with Crippen LogP contribution in [0.5, 0.6) is 5.75 Å². The van der Waals surface area contributed by atoms with E-state index in [0.717, 1.165) is 10.7 Å². The fraction of sp³-hybridized carbons (Fsp3) is 0. The van der Waals surface area contributed by atoms with Gasteiger partial charge < -0.3 is 15.6 Å². The molecule has 0 fully saturated rings. The van der Waals surface area contributed by atoms with E-state index in [1.54, 1.807) is 6.07 Å². The number of hydrogen-bond donors (Lipinski definition) is 2. The smallest absolute Gasteiger partial charge is 0.449 e. The Morgan fingerprint density at radius 1 is 1.28 bits per heavy atom. The van der Waals surface area contributed by atoms with Crippen LogP contribution in [0.4, 0.5) is 19.4 Å². The summed E-state index contributed by atoms with van der Waals surface area (Å²) in [4.78, 5) is 15.4. The summed E-state index contributed by atoms with van der Waals surface area (Å²) in [6.07, 6.45) is 0.0494. The molecule has 3 N–H and O–H groups in total. The Morgan fingerprint density at radius 2 is 2.10 bits per heavy atom. The van der Waals surface area contributed by atoms with E-state index in [2.05, 4.69) is 25.2 Å². The third-order valence-electron chi connectivity index (χ3n) is 3.85. The van der Waals surface area contributed by atoms with Crippen LogP contribution in [0.3, 0.4) is 0 Å². The lowest BCUT2D eigenvalue weighted by Gasteiger charge is -2.09. The minimum atomic E-state index is -1.43. The Balaban J connectivity index is 1.79. The molecular weight excluding hydrogens is 406 g/mol. The van der Waals surface area contributed by atoms with Gasteiger partial charge in [0.1, 0.15) is 17.3 Å². The van der Waals surface area contributed by atoms with E-state index < -0.39 is 17.8 Å². The van der Waals surface area contributed by atoms with Crippen molar-refractivity contribution >= 4 is 23.3 Å². The molecule has 3 heterocycles. The molecule has 0 unspecified atom stereocenters. The number of benzene rings is 1. The van der Waals surface area contributed by atoms with Crippen LogP contribution in [0.15, 0.2) is 41.9 Å². The molecule has 12 heteroatoms. The highest BCUT2D eigenvalue weighted by atomic mass is 32.1.